The zero-order valence-corrected chi connectivity index (χ0v) is 14.3. The third kappa shape index (κ3) is 5.01. The molecule has 2 unspecified atom stereocenters. The Morgan fingerprint density at radius 2 is 1.80 bits per heavy atom. The Bertz CT molecular complexity index is 257. The van der Waals surface area contributed by atoms with Crippen LogP contribution < -0.4 is 5.73 Å². The second kappa shape index (κ2) is 9.01. The quantitative estimate of drug-likeness (QED) is 0.660. The zero-order chi connectivity index (χ0) is 15.0. The molecule has 0 aromatic heterocycles. The number of piperazine rings is 1. The molecule has 1 aliphatic rings. The Labute approximate surface area is 126 Å². The fourth-order valence-corrected chi connectivity index (χ4v) is 3.38. The van der Waals surface area contributed by atoms with E-state index in [9.17, 15) is 0 Å². The van der Waals surface area contributed by atoms with Crippen LogP contribution in [0, 0.1) is 0 Å². The summed E-state index contributed by atoms with van der Waals surface area (Å²) in [6.07, 6.45) is 9.29. The van der Waals surface area contributed by atoms with Crippen molar-refractivity contribution in [3.63, 3.8) is 0 Å². The van der Waals surface area contributed by atoms with Crippen molar-refractivity contribution in [2.24, 2.45) is 5.73 Å². The Morgan fingerprint density at radius 1 is 1.10 bits per heavy atom. The van der Waals surface area contributed by atoms with E-state index in [4.69, 9.17) is 5.73 Å². The summed E-state index contributed by atoms with van der Waals surface area (Å²) in [5, 5.41) is 0. The van der Waals surface area contributed by atoms with Crippen LogP contribution in [-0.4, -0.2) is 54.6 Å². The van der Waals surface area contributed by atoms with Gasteiger partial charge in [-0.15, -0.1) is 0 Å². The Hall–Kier alpha value is -0.120. The lowest BCUT2D eigenvalue weighted by atomic mass is 9.90. The van der Waals surface area contributed by atoms with Gasteiger partial charge in [-0.2, -0.15) is 0 Å². The van der Waals surface area contributed by atoms with Crippen LogP contribution in [0.3, 0.4) is 0 Å². The monoisotopic (exact) mass is 283 g/mol. The number of nitrogens with two attached hydrogens (primary N) is 1. The minimum atomic E-state index is 0.209. The average Bonchev–Trinajstić information content (AvgIpc) is 2.47. The lowest BCUT2D eigenvalue weighted by Crippen LogP contribution is -2.61. The summed E-state index contributed by atoms with van der Waals surface area (Å²) in [6.45, 7) is 11.3. The largest absolute Gasteiger partial charge is 0.329 e. The lowest BCUT2D eigenvalue weighted by Gasteiger charge is -2.48. The standard InChI is InChI=1S/C17H37N3/c1-5-7-8-9-10-11-17(3,15-18)20-13-12-19(4)16(6-2)14-20/h16H,5-15,18H2,1-4H3. The van der Waals surface area contributed by atoms with E-state index in [1.165, 1.54) is 64.6 Å². The highest BCUT2D eigenvalue weighted by Gasteiger charge is 2.34. The van der Waals surface area contributed by atoms with Gasteiger partial charge in [-0.05, 0) is 26.8 Å². The number of likely N-dealkylation sites (N-methyl/N-ethyl adjacent to an activating group) is 1. The molecule has 0 aliphatic carbocycles. The Morgan fingerprint density at radius 3 is 2.40 bits per heavy atom. The molecule has 1 fully saturated rings. The van der Waals surface area contributed by atoms with Crippen molar-refractivity contribution in [1.82, 2.24) is 9.80 Å². The van der Waals surface area contributed by atoms with E-state index in [1.54, 1.807) is 0 Å². The molecule has 0 saturated carbocycles. The molecule has 0 amide bonds. The van der Waals surface area contributed by atoms with E-state index in [1.807, 2.05) is 0 Å². The highest BCUT2D eigenvalue weighted by Crippen LogP contribution is 2.25. The first-order valence-corrected chi connectivity index (χ1v) is 8.72. The van der Waals surface area contributed by atoms with Crippen LogP contribution in [0.4, 0.5) is 0 Å². The lowest BCUT2D eigenvalue weighted by molar-refractivity contribution is 0.0152. The molecule has 0 spiro atoms. The summed E-state index contributed by atoms with van der Waals surface area (Å²) < 4.78 is 0. The molecule has 0 aromatic rings. The van der Waals surface area contributed by atoms with Gasteiger partial charge in [0.15, 0.2) is 0 Å². The fourth-order valence-electron chi connectivity index (χ4n) is 3.38. The summed E-state index contributed by atoms with van der Waals surface area (Å²) >= 11 is 0. The van der Waals surface area contributed by atoms with E-state index >= 15 is 0 Å². The van der Waals surface area contributed by atoms with Crippen molar-refractivity contribution in [1.29, 1.82) is 0 Å². The molecule has 0 bridgehead atoms. The third-order valence-electron chi connectivity index (χ3n) is 5.27. The van der Waals surface area contributed by atoms with Crippen LogP contribution in [0.15, 0.2) is 0 Å². The molecule has 20 heavy (non-hydrogen) atoms. The molecule has 120 valence electrons. The van der Waals surface area contributed by atoms with Crippen LogP contribution in [0.2, 0.25) is 0 Å². The van der Waals surface area contributed by atoms with Gasteiger partial charge < -0.3 is 10.6 Å². The smallest absolute Gasteiger partial charge is 0.0304 e. The van der Waals surface area contributed by atoms with Crippen molar-refractivity contribution in [3.05, 3.63) is 0 Å². The maximum atomic E-state index is 6.15. The summed E-state index contributed by atoms with van der Waals surface area (Å²) in [6, 6.07) is 0.703. The predicted molar refractivity (Wildman–Crippen MR) is 89.1 cm³/mol. The SMILES string of the molecule is CCCCCCCC(C)(CN)N1CCN(C)C(CC)C1. The Kier molecular flexibility index (Phi) is 8.08. The summed E-state index contributed by atoms with van der Waals surface area (Å²) in [4.78, 5) is 5.18. The van der Waals surface area contributed by atoms with Crippen molar-refractivity contribution in [3.8, 4) is 0 Å². The highest BCUT2D eigenvalue weighted by atomic mass is 15.3. The maximum absolute atomic E-state index is 6.15. The number of rotatable bonds is 9. The topological polar surface area (TPSA) is 32.5 Å². The second-order valence-electron chi connectivity index (χ2n) is 6.85. The molecule has 1 heterocycles. The molecule has 1 rings (SSSR count). The minimum Gasteiger partial charge on any atom is -0.329 e. The number of hydrogen-bond acceptors (Lipinski definition) is 3. The van der Waals surface area contributed by atoms with Gasteiger partial charge in [0, 0.05) is 37.8 Å². The zero-order valence-electron chi connectivity index (χ0n) is 14.3. The molecule has 1 aliphatic heterocycles. The molecule has 2 N–H and O–H groups in total. The Balaban J connectivity index is 2.46. The summed E-state index contributed by atoms with van der Waals surface area (Å²) in [5.74, 6) is 0. The van der Waals surface area contributed by atoms with Crippen molar-refractivity contribution in [2.75, 3.05) is 33.2 Å². The van der Waals surface area contributed by atoms with E-state index in [-0.39, 0.29) is 5.54 Å². The molecule has 0 aromatic carbocycles. The molecule has 2 atom stereocenters. The van der Waals surface area contributed by atoms with Crippen LogP contribution in [0.5, 0.6) is 0 Å². The normalized spacial score (nSPS) is 24.8. The second-order valence-corrected chi connectivity index (χ2v) is 6.85. The van der Waals surface area contributed by atoms with E-state index in [0.717, 1.165) is 6.54 Å². The van der Waals surface area contributed by atoms with Gasteiger partial charge in [-0.25, -0.2) is 0 Å². The molecular weight excluding hydrogens is 246 g/mol. The van der Waals surface area contributed by atoms with Crippen LogP contribution in [0.25, 0.3) is 0 Å². The van der Waals surface area contributed by atoms with Gasteiger partial charge in [-0.3, -0.25) is 4.90 Å². The number of hydrogen-bond donors (Lipinski definition) is 1. The number of unbranched alkanes of at least 4 members (excludes halogenated alkanes) is 4. The van der Waals surface area contributed by atoms with Crippen molar-refractivity contribution < 1.29 is 0 Å². The van der Waals surface area contributed by atoms with Crippen molar-refractivity contribution >= 4 is 0 Å². The first-order chi connectivity index (χ1) is 9.57. The van der Waals surface area contributed by atoms with Gasteiger partial charge >= 0.3 is 0 Å². The fraction of sp³-hybridized carbons (Fsp3) is 1.00. The first kappa shape index (κ1) is 17.9. The van der Waals surface area contributed by atoms with E-state index in [0.29, 0.717) is 6.04 Å². The minimum absolute atomic E-state index is 0.209. The molecule has 1 saturated heterocycles. The van der Waals surface area contributed by atoms with Crippen molar-refractivity contribution in [2.45, 2.75) is 77.3 Å². The van der Waals surface area contributed by atoms with E-state index in [2.05, 4.69) is 37.6 Å². The molecule has 0 radical (unpaired) electrons. The van der Waals surface area contributed by atoms with Gasteiger partial charge in [0.2, 0.25) is 0 Å². The summed E-state index contributed by atoms with van der Waals surface area (Å²) in [7, 11) is 2.26. The van der Waals surface area contributed by atoms with Crippen LogP contribution >= 0.6 is 0 Å². The summed E-state index contributed by atoms with van der Waals surface area (Å²) in [5.41, 5.74) is 6.35. The van der Waals surface area contributed by atoms with Gasteiger partial charge in [-0.1, -0.05) is 46.0 Å². The van der Waals surface area contributed by atoms with Gasteiger partial charge in [0.25, 0.3) is 0 Å². The predicted octanol–water partition coefficient (Wildman–Crippen LogP) is 3.09. The highest BCUT2D eigenvalue weighted by molar-refractivity contribution is 4.92. The van der Waals surface area contributed by atoms with Gasteiger partial charge in [0.1, 0.15) is 0 Å². The van der Waals surface area contributed by atoms with Crippen LogP contribution in [-0.2, 0) is 0 Å². The average molecular weight is 284 g/mol. The van der Waals surface area contributed by atoms with E-state index < -0.39 is 0 Å². The molecule has 3 nitrogen and oxygen atoms in total. The third-order valence-corrected chi connectivity index (χ3v) is 5.27. The van der Waals surface area contributed by atoms with Crippen LogP contribution in [0.1, 0.15) is 65.7 Å². The van der Waals surface area contributed by atoms with Gasteiger partial charge in [0.05, 0.1) is 0 Å². The maximum Gasteiger partial charge on any atom is 0.0304 e. The first-order valence-electron chi connectivity index (χ1n) is 8.72. The number of nitrogens with zero attached hydrogens (tertiary/aromatic N) is 2. The molecule has 3 heteroatoms. The molecular formula is C17H37N3.